The van der Waals surface area contributed by atoms with Gasteiger partial charge >= 0.3 is 0 Å². The molecule has 0 aliphatic rings. The van der Waals surface area contributed by atoms with Crippen molar-refractivity contribution < 1.29 is 4.39 Å². The summed E-state index contributed by atoms with van der Waals surface area (Å²) in [5.41, 5.74) is 2.16. The van der Waals surface area contributed by atoms with E-state index in [0.29, 0.717) is 40.4 Å². The third-order valence-corrected chi connectivity index (χ3v) is 3.48. The Morgan fingerprint density at radius 2 is 2.00 bits per heavy atom. The number of hydrogen-bond donors (Lipinski definition) is 0. The van der Waals surface area contributed by atoms with Crippen molar-refractivity contribution in [2.75, 3.05) is 5.88 Å². The fourth-order valence-corrected chi connectivity index (χ4v) is 2.56. The highest BCUT2D eigenvalue weighted by molar-refractivity contribution is 6.18. The molecule has 3 rings (SSSR count). The lowest BCUT2D eigenvalue weighted by atomic mass is 10.2. The Bertz CT molecular complexity index is 848. The minimum absolute atomic E-state index is 0.338. The molecule has 21 heavy (non-hydrogen) atoms. The zero-order valence-electron chi connectivity index (χ0n) is 11.1. The van der Waals surface area contributed by atoms with E-state index in [1.54, 1.807) is 34.9 Å². The summed E-state index contributed by atoms with van der Waals surface area (Å²) >= 11 is 5.82. The predicted octanol–water partition coefficient (Wildman–Crippen LogP) is 3.82. The monoisotopic (exact) mass is 299 g/mol. The molecule has 0 saturated carbocycles. The van der Waals surface area contributed by atoms with Gasteiger partial charge in [0.15, 0.2) is 0 Å². The molecule has 2 aromatic carbocycles. The number of hydrogen-bond acceptors (Lipinski definition) is 2. The second-order valence-electron chi connectivity index (χ2n) is 4.54. The number of rotatable bonds is 3. The minimum atomic E-state index is -0.338. The van der Waals surface area contributed by atoms with Gasteiger partial charge in [0.2, 0.25) is 0 Å². The van der Waals surface area contributed by atoms with Crippen LogP contribution in [0.3, 0.4) is 0 Å². The summed E-state index contributed by atoms with van der Waals surface area (Å²) in [6.45, 7) is 0. The van der Waals surface area contributed by atoms with E-state index in [1.807, 2.05) is 6.07 Å². The molecule has 0 N–H and O–H groups in total. The zero-order chi connectivity index (χ0) is 14.8. The van der Waals surface area contributed by atoms with Crippen LogP contribution in [0.5, 0.6) is 0 Å². The largest absolute Gasteiger partial charge is 0.293 e. The molecule has 0 spiro atoms. The van der Waals surface area contributed by atoms with Crippen molar-refractivity contribution >= 4 is 22.6 Å². The van der Waals surface area contributed by atoms with Crippen molar-refractivity contribution in [2.45, 2.75) is 6.42 Å². The van der Waals surface area contributed by atoms with Gasteiger partial charge in [0, 0.05) is 12.3 Å². The highest BCUT2D eigenvalue weighted by atomic mass is 35.5. The molecule has 3 nitrogen and oxygen atoms in total. The van der Waals surface area contributed by atoms with E-state index in [0.717, 1.165) is 0 Å². The molecule has 0 bridgehead atoms. The first-order valence-corrected chi connectivity index (χ1v) is 7.01. The molecule has 0 atom stereocenters. The molecule has 0 saturated heterocycles. The van der Waals surface area contributed by atoms with Gasteiger partial charge in [0.1, 0.15) is 23.2 Å². The number of nitriles is 1. The molecule has 0 aliphatic carbocycles. The highest BCUT2D eigenvalue weighted by Crippen LogP contribution is 2.25. The van der Waals surface area contributed by atoms with Crippen molar-refractivity contribution in [3.05, 3.63) is 59.7 Å². The normalized spacial score (nSPS) is 10.7. The van der Waals surface area contributed by atoms with Crippen LogP contribution in [0.15, 0.2) is 42.5 Å². The van der Waals surface area contributed by atoms with E-state index in [4.69, 9.17) is 11.6 Å². The Balaban J connectivity index is 2.37. The molecule has 0 fully saturated rings. The van der Waals surface area contributed by atoms with E-state index in [1.165, 1.54) is 6.07 Å². The van der Waals surface area contributed by atoms with Crippen LogP contribution in [0.25, 0.3) is 16.7 Å². The number of nitrogens with zero attached hydrogens (tertiary/aromatic N) is 3. The molecule has 3 aromatic rings. The summed E-state index contributed by atoms with van der Waals surface area (Å²) in [5, 5.41) is 9.19. The summed E-state index contributed by atoms with van der Waals surface area (Å²) < 4.78 is 15.9. The van der Waals surface area contributed by atoms with Crippen molar-refractivity contribution in [1.29, 1.82) is 5.26 Å². The maximum atomic E-state index is 14.1. The molecule has 0 aliphatic heterocycles. The average molecular weight is 300 g/mol. The van der Waals surface area contributed by atoms with Crippen LogP contribution in [0, 0.1) is 17.1 Å². The van der Waals surface area contributed by atoms with E-state index in [9.17, 15) is 9.65 Å². The Labute approximate surface area is 126 Å². The number of fused-ring (bicyclic) bond motifs is 1. The van der Waals surface area contributed by atoms with Crippen LogP contribution in [-0.4, -0.2) is 15.4 Å². The quantitative estimate of drug-likeness (QED) is 0.690. The predicted molar refractivity (Wildman–Crippen MR) is 80.2 cm³/mol. The van der Waals surface area contributed by atoms with Crippen molar-refractivity contribution in [1.82, 2.24) is 9.55 Å². The summed E-state index contributed by atoms with van der Waals surface area (Å²) in [6, 6.07) is 13.9. The summed E-state index contributed by atoms with van der Waals surface area (Å²) in [6.07, 6.45) is 0.495. The lowest BCUT2D eigenvalue weighted by molar-refractivity contribution is 0.617. The summed E-state index contributed by atoms with van der Waals surface area (Å²) in [5.74, 6) is 0.683. The fraction of sp³-hybridized carbons (Fsp3) is 0.125. The first-order chi connectivity index (χ1) is 10.3. The van der Waals surface area contributed by atoms with Crippen LogP contribution in [0.4, 0.5) is 4.39 Å². The second kappa shape index (κ2) is 5.55. The molecule has 5 heteroatoms. The maximum Gasteiger partial charge on any atom is 0.147 e. The second-order valence-corrected chi connectivity index (χ2v) is 4.92. The standard InChI is InChI=1S/C16H11ClFN3/c17-9-8-15-20-16-11(10-19)4-3-7-14(16)21(15)13-6-2-1-5-12(13)18/h1-7H,8-9H2. The number of alkyl halides is 1. The summed E-state index contributed by atoms with van der Waals surface area (Å²) in [4.78, 5) is 4.48. The highest BCUT2D eigenvalue weighted by Gasteiger charge is 2.16. The molecule has 1 aromatic heterocycles. The van der Waals surface area contributed by atoms with Gasteiger partial charge in [0.05, 0.1) is 16.8 Å². The van der Waals surface area contributed by atoms with Crippen LogP contribution in [0.2, 0.25) is 0 Å². The Morgan fingerprint density at radius 3 is 2.71 bits per heavy atom. The van der Waals surface area contributed by atoms with Crippen molar-refractivity contribution in [2.24, 2.45) is 0 Å². The Kier molecular flexibility index (Phi) is 3.59. The van der Waals surface area contributed by atoms with Gasteiger partial charge in [-0.3, -0.25) is 4.57 Å². The summed E-state index contributed by atoms with van der Waals surface area (Å²) in [7, 11) is 0. The number of imidazole rings is 1. The van der Waals surface area contributed by atoms with Gasteiger partial charge in [-0.25, -0.2) is 9.37 Å². The van der Waals surface area contributed by atoms with Crippen molar-refractivity contribution in [3.8, 4) is 11.8 Å². The van der Waals surface area contributed by atoms with Crippen LogP contribution >= 0.6 is 11.6 Å². The van der Waals surface area contributed by atoms with Crippen LogP contribution in [-0.2, 0) is 6.42 Å². The van der Waals surface area contributed by atoms with Gasteiger partial charge in [-0.05, 0) is 24.3 Å². The topological polar surface area (TPSA) is 41.6 Å². The molecule has 0 amide bonds. The fourth-order valence-electron chi connectivity index (χ4n) is 2.39. The zero-order valence-corrected chi connectivity index (χ0v) is 11.8. The SMILES string of the molecule is N#Cc1cccc2c1nc(CCCl)n2-c1ccccc1F. The van der Waals surface area contributed by atoms with Crippen molar-refractivity contribution in [3.63, 3.8) is 0 Å². The molecular weight excluding hydrogens is 289 g/mol. The smallest absolute Gasteiger partial charge is 0.147 e. The minimum Gasteiger partial charge on any atom is -0.293 e. The number of benzene rings is 2. The van der Waals surface area contributed by atoms with E-state index >= 15 is 0 Å². The molecule has 0 unspecified atom stereocenters. The number of para-hydroxylation sites is 2. The number of halogens is 2. The lowest BCUT2D eigenvalue weighted by Crippen LogP contribution is -2.04. The lowest BCUT2D eigenvalue weighted by Gasteiger charge is -2.09. The molecule has 1 heterocycles. The average Bonchev–Trinajstić information content (AvgIpc) is 2.86. The molecule has 104 valence electrons. The van der Waals surface area contributed by atoms with E-state index in [-0.39, 0.29) is 5.82 Å². The number of aromatic nitrogens is 2. The Hall–Kier alpha value is -2.38. The molecule has 0 radical (unpaired) electrons. The van der Waals surface area contributed by atoms with Crippen LogP contribution < -0.4 is 0 Å². The third-order valence-electron chi connectivity index (χ3n) is 3.29. The van der Waals surface area contributed by atoms with E-state index < -0.39 is 0 Å². The third kappa shape index (κ3) is 2.26. The maximum absolute atomic E-state index is 14.1. The van der Waals surface area contributed by atoms with Crippen LogP contribution in [0.1, 0.15) is 11.4 Å². The number of aryl methyl sites for hydroxylation is 1. The van der Waals surface area contributed by atoms with Gasteiger partial charge < -0.3 is 0 Å². The van der Waals surface area contributed by atoms with Gasteiger partial charge in [-0.1, -0.05) is 18.2 Å². The first-order valence-electron chi connectivity index (χ1n) is 6.47. The van der Waals surface area contributed by atoms with E-state index in [2.05, 4.69) is 11.1 Å². The first kappa shape index (κ1) is 13.6. The van der Waals surface area contributed by atoms with Gasteiger partial charge in [-0.2, -0.15) is 5.26 Å². The Morgan fingerprint density at radius 1 is 1.19 bits per heavy atom. The van der Waals surface area contributed by atoms with Gasteiger partial charge in [0.25, 0.3) is 0 Å². The van der Waals surface area contributed by atoms with Gasteiger partial charge in [-0.15, -0.1) is 11.6 Å². The molecular formula is C16H11ClFN3.